The first-order valence-electron chi connectivity index (χ1n) is 18.4. The maximum absolute atomic E-state index is 12.8. The van der Waals surface area contributed by atoms with Crippen LogP contribution in [-0.4, -0.2) is 16.8 Å². The van der Waals surface area contributed by atoms with Crippen molar-refractivity contribution in [2.75, 3.05) is 0 Å². The molecule has 0 aliphatic carbocycles. The molecule has 0 heterocycles. The second kappa shape index (κ2) is 33.1. The summed E-state index contributed by atoms with van der Waals surface area (Å²) >= 11 is 0. The van der Waals surface area contributed by atoms with Crippen molar-refractivity contribution >= 4 is 19.0 Å². The van der Waals surface area contributed by atoms with Gasteiger partial charge in [0.25, 0.3) is 0 Å². The summed E-state index contributed by atoms with van der Waals surface area (Å²) in [4.78, 5) is 25.7. The molecule has 0 aromatic carbocycles. The highest BCUT2D eigenvalue weighted by atomic mass is 31.1. The van der Waals surface area contributed by atoms with Gasteiger partial charge < -0.3 is 5.73 Å². The van der Waals surface area contributed by atoms with Crippen LogP contribution in [-0.2, 0) is 9.59 Å². The first-order chi connectivity index (χ1) is 20.5. The number of hydrogen-bond donors (Lipinski definition) is 1. The quantitative estimate of drug-likeness (QED) is 0.0460. The Hall–Kier alpha value is -0.790. The molecule has 0 fully saturated rings. The zero-order valence-corrected chi connectivity index (χ0v) is 29.4. The van der Waals surface area contributed by atoms with E-state index in [1.807, 2.05) is 6.92 Å². The zero-order valence-electron chi connectivity index (χ0n) is 28.5. The summed E-state index contributed by atoms with van der Waals surface area (Å²) in [5.41, 5.74) is 6.39. The first kappa shape index (κ1) is 41.2. The third-order valence-corrected chi connectivity index (χ3v) is 10.6. The molecule has 3 nitrogen and oxygen atoms in total. The van der Waals surface area contributed by atoms with Crippen LogP contribution >= 0.6 is 7.92 Å². The summed E-state index contributed by atoms with van der Waals surface area (Å²) in [5.74, 6) is -0.314. The summed E-state index contributed by atoms with van der Waals surface area (Å²) in [6.07, 6.45) is 43.0. The summed E-state index contributed by atoms with van der Waals surface area (Å²) in [7, 11) is -1.35. The van der Waals surface area contributed by atoms with Crippen LogP contribution in [0.4, 0.5) is 0 Å². The molecule has 42 heavy (non-hydrogen) atoms. The van der Waals surface area contributed by atoms with E-state index in [0.29, 0.717) is 12.8 Å². The molecule has 0 aromatic rings. The van der Waals surface area contributed by atoms with Gasteiger partial charge in [-0.15, -0.1) is 0 Å². The Labute approximate surface area is 264 Å². The molecular weight excluding hydrogens is 533 g/mol. The van der Waals surface area contributed by atoms with Gasteiger partial charge in [0.15, 0.2) is 11.0 Å². The van der Waals surface area contributed by atoms with E-state index < -0.39 is 7.92 Å². The van der Waals surface area contributed by atoms with Gasteiger partial charge in [-0.2, -0.15) is 0 Å². The summed E-state index contributed by atoms with van der Waals surface area (Å²) in [6.45, 7) is 6.39. The van der Waals surface area contributed by atoms with Crippen LogP contribution in [0.25, 0.3) is 0 Å². The predicted octanol–water partition coefficient (Wildman–Crippen LogP) is 12.9. The summed E-state index contributed by atoms with van der Waals surface area (Å²) in [6, 6.07) is 0. The fraction of sp³-hybridized carbons (Fsp3) is 0.842. The van der Waals surface area contributed by atoms with Crippen LogP contribution in [0.1, 0.15) is 201 Å². The van der Waals surface area contributed by atoms with Crippen LogP contribution in [0.3, 0.4) is 0 Å². The average molecular weight is 606 g/mol. The van der Waals surface area contributed by atoms with Crippen LogP contribution in [0, 0.1) is 0 Å². The van der Waals surface area contributed by atoms with E-state index in [1.165, 1.54) is 141 Å². The number of carbonyl (C=O) groups is 2. The van der Waals surface area contributed by atoms with Crippen molar-refractivity contribution in [3.63, 3.8) is 0 Å². The second-order valence-electron chi connectivity index (χ2n) is 12.6. The Balaban J connectivity index is 3.76. The summed E-state index contributed by atoms with van der Waals surface area (Å²) < 4.78 is 0. The molecule has 0 rings (SSSR count). The van der Waals surface area contributed by atoms with Gasteiger partial charge in [-0.05, 0) is 71.1 Å². The van der Waals surface area contributed by atoms with E-state index in [1.54, 1.807) is 0 Å². The number of carbonyl (C=O) groups excluding carboxylic acids is 2. The Bertz CT molecular complexity index is 605. The lowest BCUT2D eigenvalue weighted by Gasteiger charge is -2.18. The Kier molecular flexibility index (Phi) is 32.5. The van der Waals surface area contributed by atoms with E-state index in [9.17, 15) is 9.59 Å². The molecule has 246 valence electrons. The monoisotopic (exact) mass is 606 g/mol. The van der Waals surface area contributed by atoms with Crippen LogP contribution in [0.15, 0.2) is 24.3 Å². The molecule has 0 saturated carbocycles. The fourth-order valence-electron chi connectivity index (χ4n) is 5.53. The highest BCUT2D eigenvalue weighted by Crippen LogP contribution is 2.44. The molecule has 0 amide bonds. The highest BCUT2D eigenvalue weighted by molar-refractivity contribution is 7.89. The number of rotatable bonds is 33. The lowest BCUT2D eigenvalue weighted by molar-refractivity contribution is -0.114. The molecule has 0 spiro atoms. The molecular formula is C38H72NO2P. The van der Waals surface area contributed by atoms with Gasteiger partial charge >= 0.3 is 0 Å². The van der Waals surface area contributed by atoms with Crippen molar-refractivity contribution in [2.24, 2.45) is 5.73 Å². The van der Waals surface area contributed by atoms with Gasteiger partial charge in [0.05, 0.1) is 7.92 Å². The van der Waals surface area contributed by atoms with Crippen LogP contribution in [0.5, 0.6) is 0 Å². The van der Waals surface area contributed by atoms with Gasteiger partial charge in [0, 0.05) is 18.6 Å². The average Bonchev–Trinajstić information content (AvgIpc) is 2.97. The Morgan fingerprint density at radius 1 is 0.476 bits per heavy atom. The molecule has 4 heteroatoms. The summed E-state index contributed by atoms with van der Waals surface area (Å²) in [5, 5.41) is 0. The van der Waals surface area contributed by atoms with E-state index in [2.05, 4.69) is 38.2 Å². The Morgan fingerprint density at radius 2 is 0.738 bits per heavy atom. The highest BCUT2D eigenvalue weighted by Gasteiger charge is 2.28. The topological polar surface area (TPSA) is 60.2 Å². The largest absolute Gasteiger partial charge is 0.324 e. The van der Waals surface area contributed by atoms with E-state index in [0.717, 1.165) is 25.7 Å². The van der Waals surface area contributed by atoms with Gasteiger partial charge in [-0.1, -0.05) is 141 Å². The van der Waals surface area contributed by atoms with Crippen molar-refractivity contribution in [2.45, 2.75) is 206 Å². The molecule has 0 aliphatic rings. The number of unbranched alkanes of at least 4 members (excludes halogenated alkanes) is 22. The predicted molar refractivity (Wildman–Crippen MR) is 189 cm³/mol. The van der Waals surface area contributed by atoms with Gasteiger partial charge in [-0.3, -0.25) is 9.59 Å². The minimum atomic E-state index is -1.35. The lowest BCUT2D eigenvalue weighted by Crippen LogP contribution is -2.22. The normalized spacial score (nSPS) is 12.7. The number of nitrogens with two attached hydrogens (primary N) is 1. The number of hydrogen-bond acceptors (Lipinski definition) is 3. The van der Waals surface area contributed by atoms with Crippen LogP contribution in [0.2, 0.25) is 0 Å². The minimum absolute atomic E-state index is 0.135. The molecule has 1 atom stereocenters. The van der Waals surface area contributed by atoms with E-state index in [-0.39, 0.29) is 16.8 Å². The van der Waals surface area contributed by atoms with Crippen molar-refractivity contribution in [3.8, 4) is 0 Å². The van der Waals surface area contributed by atoms with E-state index in [4.69, 9.17) is 5.73 Å². The molecule has 0 bridgehead atoms. The fourth-order valence-corrected chi connectivity index (χ4v) is 7.51. The molecule has 1 unspecified atom stereocenters. The van der Waals surface area contributed by atoms with Gasteiger partial charge in [0.1, 0.15) is 0 Å². The maximum atomic E-state index is 12.8. The van der Waals surface area contributed by atoms with Crippen molar-refractivity contribution in [3.05, 3.63) is 24.3 Å². The van der Waals surface area contributed by atoms with Crippen molar-refractivity contribution in [1.82, 2.24) is 0 Å². The molecule has 0 radical (unpaired) electrons. The van der Waals surface area contributed by atoms with E-state index >= 15 is 0 Å². The smallest absolute Gasteiger partial charge is 0.163 e. The molecule has 0 saturated heterocycles. The standard InChI is InChI=1S/C38H72NO2P/c1-4-6-8-10-12-14-16-18-20-22-24-26-28-30-32-34-37(40)42(36(3)39)38(41)35-33-31-29-27-25-23-21-19-17-15-13-11-9-7-5-2/h18-21,36H,4-17,22-35,39H2,1-3H3/b20-18-,21-19-. The third kappa shape index (κ3) is 28.0. The maximum Gasteiger partial charge on any atom is 0.163 e. The molecule has 0 aliphatic heterocycles. The Morgan fingerprint density at radius 3 is 1.02 bits per heavy atom. The molecule has 0 aromatic heterocycles. The zero-order chi connectivity index (χ0) is 30.9. The lowest BCUT2D eigenvalue weighted by atomic mass is 10.1. The third-order valence-electron chi connectivity index (χ3n) is 8.25. The number of allylic oxidation sites excluding steroid dienone is 4. The van der Waals surface area contributed by atoms with Gasteiger partial charge in [0.2, 0.25) is 0 Å². The van der Waals surface area contributed by atoms with Crippen molar-refractivity contribution < 1.29 is 9.59 Å². The minimum Gasteiger partial charge on any atom is -0.324 e. The van der Waals surface area contributed by atoms with Crippen LogP contribution < -0.4 is 5.73 Å². The van der Waals surface area contributed by atoms with Gasteiger partial charge in [-0.25, -0.2) is 0 Å². The first-order valence-corrected chi connectivity index (χ1v) is 19.9. The second-order valence-corrected chi connectivity index (χ2v) is 15.1. The van der Waals surface area contributed by atoms with Crippen molar-refractivity contribution in [1.29, 1.82) is 0 Å². The molecule has 2 N–H and O–H groups in total. The SMILES string of the molecule is CCCCCCCC/C=C\CCCCCCCC(=O)P(C(=O)CCCCCCC/C=C\CCCCCCCC)C(C)N.